The Hall–Kier alpha value is -1.10. The molecule has 0 heterocycles. The minimum Gasteiger partial charge on any atom is -0.466 e. The Labute approximate surface area is 215 Å². The lowest BCUT2D eigenvalue weighted by molar-refractivity contribution is -0.182. The summed E-state index contributed by atoms with van der Waals surface area (Å²) in [5.41, 5.74) is 0.198. The van der Waals surface area contributed by atoms with Crippen molar-refractivity contribution < 1.29 is 40.9 Å². The molecule has 0 N–H and O–H groups in total. The summed E-state index contributed by atoms with van der Waals surface area (Å²) in [6.45, 7) is 25.6. The number of hydrogen-bond acceptors (Lipinski definition) is 9. The van der Waals surface area contributed by atoms with Crippen molar-refractivity contribution in [1.82, 2.24) is 0 Å². The summed E-state index contributed by atoms with van der Waals surface area (Å²) < 4.78 is 35.0. The Morgan fingerprint density at radius 3 is 1.57 bits per heavy atom. The van der Waals surface area contributed by atoms with Crippen molar-refractivity contribution in [3.05, 3.63) is 12.2 Å². The number of hydrogen-bond donors (Lipinski definition) is 0. The molecule has 9 nitrogen and oxygen atoms in total. The Kier molecular flexibility index (Phi) is 13.6. The Morgan fingerprint density at radius 2 is 1.17 bits per heavy atom. The van der Waals surface area contributed by atoms with Crippen LogP contribution in [0.25, 0.3) is 0 Å². The highest BCUT2D eigenvalue weighted by atomic mass is 28.5. The fourth-order valence-corrected chi connectivity index (χ4v) is 17.5. The van der Waals surface area contributed by atoms with Gasteiger partial charge in [-0.25, -0.2) is 4.79 Å². The van der Waals surface area contributed by atoms with E-state index in [2.05, 4.69) is 65.5 Å². The third-order valence-electron chi connectivity index (χ3n) is 3.73. The summed E-state index contributed by atoms with van der Waals surface area (Å²) in [5.74, 6) is -1.83. The van der Waals surface area contributed by atoms with E-state index in [1.54, 1.807) is 0 Å². The van der Waals surface area contributed by atoms with Crippen LogP contribution in [-0.2, 0) is 40.9 Å². The first-order chi connectivity index (χ1) is 15.6. The second-order valence-electron chi connectivity index (χ2n) is 11.4. The molecule has 1 unspecified atom stereocenters. The fourth-order valence-electron chi connectivity index (χ4n) is 2.89. The molecule has 0 aromatic carbocycles. The Balaban J connectivity index is 4.83. The zero-order chi connectivity index (χ0) is 27.7. The van der Waals surface area contributed by atoms with E-state index in [1.807, 2.05) is 0 Å². The third kappa shape index (κ3) is 17.9. The smallest absolute Gasteiger partial charge is 0.466 e. The molecule has 35 heavy (non-hydrogen) atoms. The van der Waals surface area contributed by atoms with Gasteiger partial charge in [-0.1, -0.05) is 6.58 Å². The lowest BCUT2D eigenvalue weighted by atomic mass is 10.3. The SMILES string of the molecule is C=C(C)C(=O)OC(C)OC(=O)CCC(=O)OCCC[Si](O[Si](C)(C)C)(O[Si](C)(C)C)O[Si](C)(C)C. The molecule has 0 bridgehead atoms. The quantitative estimate of drug-likeness (QED) is 0.0819. The molecule has 0 spiro atoms. The molecule has 0 rings (SSSR count). The van der Waals surface area contributed by atoms with Gasteiger partial charge >= 0.3 is 26.7 Å². The standard InChI is InChI=1S/C22H46O9Si4/c1-18(2)22(25)28-19(3)27-21(24)15-14-20(23)26-16-13-17-35(29-32(4,5)6,30-33(7,8)9)31-34(10,11)12/h19H,1,13-17H2,2-12H3. The molecule has 0 amide bonds. The molecule has 0 aliphatic heterocycles. The first-order valence-corrected chi connectivity index (χ1v) is 24.1. The maximum Gasteiger partial charge on any atom is 0.469 e. The molecule has 13 heteroatoms. The summed E-state index contributed by atoms with van der Waals surface area (Å²) in [4.78, 5) is 35.5. The first kappa shape index (κ1) is 33.9. The summed E-state index contributed by atoms with van der Waals surface area (Å²) in [6, 6.07) is 0.562. The van der Waals surface area contributed by atoms with E-state index >= 15 is 0 Å². The molecule has 0 radical (unpaired) electrons. The van der Waals surface area contributed by atoms with Crippen LogP contribution in [0, 0.1) is 0 Å². The number of ether oxygens (including phenoxy) is 3. The van der Waals surface area contributed by atoms with Crippen LogP contribution in [0.15, 0.2) is 12.2 Å². The monoisotopic (exact) mass is 566 g/mol. The lowest BCUT2D eigenvalue weighted by Crippen LogP contribution is -2.60. The predicted molar refractivity (Wildman–Crippen MR) is 145 cm³/mol. The maximum absolute atomic E-state index is 12.1. The number of carbonyl (C=O) groups is 3. The van der Waals surface area contributed by atoms with Crippen LogP contribution in [-0.4, -0.2) is 64.6 Å². The van der Waals surface area contributed by atoms with Gasteiger partial charge in [0.15, 0.2) is 25.0 Å². The van der Waals surface area contributed by atoms with Crippen LogP contribution >= 0.6 is 0 Å². The second kappa shape index (κ2) is 14.0. The first-order valence-electron chi connectivity index (χ1n) is 12.0. The summed E-state index contributed by atoms with van der Waals surface area (Å²) in [7, 11) is -8.88. The van der Waals surface area contributed by atoms with Crippen LogP contribution in [0.1, 0.15) is 33.1 Å². The Morgan fingerprint density at radius 1 is 0.743 bits per heavy atom. The Bertz CT molecular complexity index is 696. The van der Waals surface area contributed by atoms with Crippen LogP contribution in [0.2, 0.25) is 65.0 Å². The van der Waals surface area contributed by atoms with E-state index in [-0.39, 0.29) is 25.0 Å². The minimum atomic E-state index is -2.98. The van der Waals surface area contributed by atoms with E-state index in [0.29, 0.717) is 12.5 Å². The van der Waals surface area contributed by atoms with Crippen LogP contribution in [0.4, 0.5) is 0 Å². The van der Waals surface area contributed by atoms with Crippen LogP contribution in [0.3, 0.4) is 0 Å². The van der Waals surface area contributed by atoms with Crippen LogP contribution < -0.4 is 0 Å². The molecule has 0 aliphatic rings. The second-order valence-corrected chi connectivity index (χ2v) is 28.4. The van der Waals surface area contributed by atoms with Gasteiger partial charge in [0.05, 0.1) is 19.4 Å². The molecule has 0 aromatic rings. The van der Waals surface area contributed by atoms with Crippen LogP contribution in [0.5, 0.6) is 0 Å². The number of esters is 3. The highest BCUT2D eigenvalue weighted by Crippen LogP contribution is 2.29. The molecule has 0 saturated carbocycles. The molecule has 0 aliphatic carbocycles. The van der Waals surface area contributed by atoms with Gasteiger partial charge in [-0.3, -0.25) is 9.59 Å². The van der Waals surface area contributed by atoms with E-state index in [0.717, 1.165) is 0 Å². The molecule has 1 atom stereocenters. The van der Waals surface area contributed by atoms with Crippen molar-refractivity contribution in [1.29, 1.82) is 0 Å². The highest BCUT2D eigenvalue weighted by Gasteiger charge is 2.49. The van der Waals surface area contributed by atoms with Gasteiger partial charge in [-0.2, -0.15) is 0 Å². The van der Waals surface area contributed by atoms with Crippen molar-refractivity contribution in [2.75, 3.05) is 6.61 Å². The highest BCUT2D eigenvalue weighted by molar-refractivity contribution is 6.90. The molecule has 0 fully saturated rings. The summed E-state index contributed by atoms with van der Waals surface area (Å²) >= 11 is 0. The van der Waals surface area contributed by atoms with E-state index in [1.165, 1.54) is 13.8 Å². The molecule has 0 saturated heterocycles. The number of carbonyl (C=O) groups excluding carboxylic acids is 3. The molecular weight excluding hydrogens is 521 g/mol. The van der Waals surface area contributed by atoms with Gasteiger partial charge in [0.1, 0.15) is 0 Å². The maximum atomic E-state index is 12.1. The molecular formula is C22H46O9Si4. The van der Waals surface area contributed by atoms with Gasteiger partial charge in [0.2, 0.25) is 6.29 Å². The van der Waals surface area contributed by atoms with Gasteiger partial charge < -0.3 is 26.6 Å². The third-order valence-corrected chi connectivity index (χ3v) is 15.8. The van der Waals surface area contributed by atoms with Crippen molar-refractivity contribution in [3.63, 3.8) is 0 Å². The van der Waals surface area contributed by atoms with E-state index in [9.17, 15) is 14.4 Å². The lowest BCUT2D eigenvalue weighted by Gasteiger charge is -2.42. The van der Waals surface area contributed by atoms with Gasteiger partial charge in [0, 0.05) is 18.5 Å². The molecule has 204 valence electrons. The summed E-state index contributed by atoms with van der Waals surface area (Å²) in [6.07, 6.45) is -0.840. The minimum absolute atomic E-state index is 0.134. The van der Waals surface area contributed by atoms with Crippen molar-refractivity contribution in [3.8, 4) is 0 Å². The van der Waals surface area contributed by atoms with Crippen molar-refractivity contribution in [2.45, 2.75) is 104 Å². The summed E-state index contributed by atoms with van der Waals surface area (Å²) in [5, 5.41) is 0. The predicted octanol–water partition coefficient (Wildman–Crippen LogP) is 5.20. The normalized spacial score (nSPS) is 13.7. The average Bonchev–Trinajstić information content (AvgIpc) is 2.58. The van der Waals surface area contributed by atoms with Crippen molar-refractivity contribution in [2.24, 2.45) is 0 Å². The largest absolute Gasteiger partial charge is 0.469 e. The van der Waals surface area contributed by atoms with Crippen molar-refractivity contribution >= 4 is 51.7 Å². The molecule has 0 aromatic heterocycles. The zero-order valence-corrected chi connectivity index (χ0v) is 27.5. The van der Waals surface area contributed by atoms with Gasteiger partial charge in [0.25, 0.3) is 0 Å². The van der Waals surface area contributed by atoms with Gasteiger partial charge in [-0.05, 0) is 72.3 Å². The zero-order valence-electron chi connectivity index (χ0n) is 23.5. The van der Waals surface area contributed by atoms with Gasteiger partial charge in [-0.15, -0.1) is 0 Å². The van der Waals surface area contributed by atoms with E-state index in [4.69, 9.17) is 26.6 Å². The topological polar surface area (TPSA) is 107 Å². The fraction of sp³-hybridized carbons (Fsp3) is 0.773. The van der Waals surface area contributed by atoms with E-state index < -0.39 is 58.0 Å². The average molecular weight is 567 g/mol. The number of rotatable bonds is 16.